The summed E-state index contributed by atoms with van der Waals surface area (Å²) in [6, 6.07) is 14.7. The SMILES string of the molecule is O=C(Nc1ccccc1C(F)(F)F)[C@@H]1Sc2nnc(-c3ccccc3)n2NC12CCCCC2. The summed E-state index contributed by atoms with van der Waals surface area (Å²) in [5.74, 6) is 0.172. The first kappa shape index (κ1) is 21.8. The smallest absolute Gasteiger partial charge is 0.324 e. The Morgan fingerprint density at radius 2 is 1.73 bits per heavy atom. The molecular formula is C23H22F3N5OS. The molecule has 1 atom stereocenters. The Bertz CT molecular complexity index is 1160. The van der Waals surface area contributed by atoms with Crippen molar-refractivity contribution in [2.24, 2.45) is 0 Å². The molecule has 1 aromatic heterocycles. The van der Waals surface area contributed by atoms with Gasteiger partial charge in [0.15, 0.2) is 5.82 Å². The van der Waals surface area contributed by atoms with E-state index in [1.807, 2.05) is 35.0 Å². The van der Waals surface area contributed by atoms with E-state index >= 15 is 0 Å². The quantitative estimate of drug-likeness (QED) is 0.539. The van der Waals surface area contributed by atoms with Gasteiger partial charge in [0.25, 0.3) is 0 Å². The number of nitrogens with one attached hydrogen (secondary N) is 2. The zero-order valence-electron chi connectivity index (χ0n) is 17.6. The maximum atomic E-state index is 13.5. The van der Waals surface area contributed by atoms with E-state index < -0.39 is 28.4 Å². The highest BCUT2D eigenvalue weighted by molar-refractivity contribution is 8.00. The number of para-hydroxylation sites is 1. The van der Waals surface area contributed by atoms with Crippen LogP contribution in [0.1, 0.15) is 37.7 Å². The number of fused-ring (bicyclic) bond motifs is 1. The number of alkyl halides is 3. The average molecular weight is 474 g/mol. The van der Waals surface area contributed by atoms with Crippen LogP contribution in [0.25, 0.3) is 11.4 Å². The van der Waals surface area contributed by atoms with Gasteiger partial charge in [-0.15, -0.1) is 10.2 Å². The van der Waals surface area contributed by atoms with Gasteiger partial charge in [-0.3, -0.25) is 4.79 Å². The zero-order chi connectivity index (χ0) is 23.1. The molecule has 2 N–H and O–H groups in total. The normalized spacial score (nSPS) is 19.5. The Balaban J connectivity index is 1.49. The predicted molar refractivity (Wildman–Crippen MR) is 120 cm³/mol. The fourth-order valence-corrected chi connectivity index (χ4v) is 5.84. The second-order valence-electron chi connectivity index (χ2n) is 8.37. The van der Waals surface area contributed by atoms with Crippen LogP contribution in [0.15, 0.2) is 59.8 Å². The molecule has 1 fully saturated rings. The highest BCUT2D eigenvalue weighted by Gasteiger charge is 2.49. The Kier molecular flexibility index (Phi) is 5.55. The van der Waals surface area contributed by atoms with Crippen molar-refractivity contribution in [3.05, 3.63) is 60.2 Å². The van der Waals surface area contributed by atoms with Crippen LogP contribution < -0.4 is 10.7 Å². The highest BCUT2D eigenvalue weighted by Crippen LogP contribution is 2.45. The van der Waals surface area contributed by atoms with E-state index in [2.05, 4.69) is 20.9 Å². The van der Waals surface area contributed by atoms with Crippen LogP contribution in [0, 0.1) is 0 Å². The lowest BCUT2D eigenvalue weighted by atomic mass is 9.79. The first-order valence-electron chi connectivity index (χ1n) is 10.8. The summed E-state index contributed by atoms with van der Waals surface area (Å²) in [4.78, 5) is 13.4. The number of benzene rings is 2. The molecule has 0 radical (unpaired) electrons. The maximum absolute atomic E-state index is 13.5. The van der Waals surface area contributed by atoms with Crippen molar-refractivity contribution in [2.45, 2.75) is 54.2 Å². The molecule has 1 aliphatic carbocycles. The second kappa shape index (κ2) is 8.40. The second-order valence-corrected chi connectivity index (χ2v) is 9.44. The lowest BCUT2D eigenvalue weighted by Crippen LogP contribution is -2.59. The van der Waals surface area contributed by atoms with Gasteiger partial charge in [0.2, 0.25) is 11.1 Å². The highest BCUT2D eigenvalue weighted by atomic mass is 32.2. The molecule has 2 aliphatic rings. The van der Waals surface area contributed by atoms with E-state index in [9.17, 15) is 18.0 Å². The number of amides is 1. The number of rotatable bonds is 3. The summed E-state index contributed by atoms with van der Waals surface area (Å²) in [6.45, 7) is 0. The van der Waals surface area contributed by atoms with E-state index in [0.29, 0.717) is 11.0 Å². The van der Waals surface area contributed by atoms with Crippen molar-refractivity contribution < 1.29 is 18.0 Å². The molecule has 2 heterocycles. The molecule has 0 bridgehead atoms. The van der Waals surface area contributed by atoms with Gasteiger partial charge in [-0.05, 0) is 25.0 Å². The predicted octanol–water partition coefficient (Wildman–Crippen LogP) is 5.32. The van der Waals surface area contributed by atoms with Crippen molar-refractivity contribution in [1.29, 1.82) is 0 Å². The van der Waals surface area contributed by atoms with Crippen LogP contribution in [-0.2, 0) is 11.0 Å². The Labute approximate surface area is 192 Å². The Morgan fingerprint density at radius 1 is 1.03 bits per heavy atom. The number of carbonyl (C=O) groups is 1. The summed E-state index contributed by atoms with van der Waals surface area (Å²) in [7, 11) is 0. The molecule has 1 aliphatic heterocycles. The Morgan fingerprint density at radius 3 is 2.45 bits per heavy atom. The van der Waals surface area contributed by atoms with Gasteiger partial charge >= 0.3 is 6.18 Å². The molecule has 1 amide bonds. The third kappa shape index (κ3) is 4.07. The molecular weight excluding hydrogens is 451 g/mol. The number of carbonyl (C=O) groups excluding carboxylic acids is 1. The maximum Gasteiger partial charge on any atom is 0.418 e. The van der Waals surface area contributed by atoms with Crippen LogP contribution in [0.2, 0.25) is 0 Å². The zero-order valence-corrected chi connectivity index (χ0v) is 18.4. The van der Waals surface area contributed by atoms with Crippen molar-refractivity contribution in [3.8, 4) is 11.4 Å². The van der Waals surface area contributed by atoms with Gasteiger partial charge in [0.1, 0.15) is 5.25 Å². The minimum atomic E-state index is -4.56. The molecule has 3 aromatic rings. The van der Waals surface area contributed by atoms with Crippen LogP contribution >= 0.6 is 11.8 Å². The van der Waals surface area contributed by atoms with E-state index in [4.69, 9.17) is 0 Å². The number of hydrogen-bond acceptors (Lipinski definition) is 5. The van der Waals surface area contributed by atoms with Gasteiger partial charge in [-0.25, -0.2) is 4.68 Å². The molecule has 6 nitrogen and oxygen atoms in total. The van der Waals surface area contributed by atoms with Gasteiger partial charge in [0, 0.05) is 5.56 Å². The molecule has 5 rings (SSSR count). The van der Waals surface area contributed by atoms with Gasteiger partial charge in [-0.2, -0.15) is 13.2 Å². The summed E-state index contributed by atoms with van der Waals surface area (Å²) in [5, 5.41) is 11.0. The molecule has 1 spiro atoms. The van der Waals surface area contributed by atoms with E-state index in [-0.39, 0.29) is 5.69 Å². The van der Waals surface area contributed by atoms with Crippen molar-refractivity contribution >= 4 is 23.4 Å². The topological polar surface area (TPSA) is 71.8 Å². The van der Waals surface area contributed by atoms with Gasteiger partial charge < -0.3 is 10.7 Å². The largest absolute Gasteiger partial charge is 0.418 e. The van der Waals surface area contributed by atoms with Crippen molar-refractivity contribution in [2.75, 3.05) is 10.7 Å². The number of nitrogens with zero attached hydrogens (tertiary/aromatic N) is 3. The van der Waals surface area contributed by atoms with Crippen LogP contribution in [0.4, 0.5) is 18.9 Å². The Hall–Kier alpha value is -3.01. The summed E-state index contributed by atoms with van der Waals surface area (Å²) in [5.41, 5.74) is 2.68. The monoisotopic (exact) mass is 473 g/mol. The number of thioether (sulfide) groups is 1. The fraction of sp³-hybridized carbons (Fsp3) is 0.348. The van der Waals surface area contributed by atoms with E-state index in [1.165, 1.54) is 30.0 Å². The third-order valence-electron chi connectivity index (χ3n) is 6.20. The third-order valence-corrected chi connectivity index (χ3v) is 7.58. The molecule has 172 valence electrons. The molecule has 0 unspecified atom stereocenters. The molecule has 33 heavy (non-hydrogen) atoms. The standard InChI is InChI=1S/C23H22F3N5OS/c24-23(25,26)16-11-5-6-12-17(16)27-20(32)18-22(13-7-2-8-14-22)30-31-19(28-29-21(31)33-18)15-9-3-1-4-10-15/h1,3-6,9-12,18,30H,2,7-8,13-14H2,(H,27,32)/t18-/m0/s1. The lowest BCUT2D eigenvalue weighted by molar-refractivity contribution is -0.137. The minimum Gasteiger partial charge on any atom is -0.324 e. The van der Waals surface area contributed by atoms with Crippen LogP contribution in [0.3, 0.4) is 0 Å². The lowest BCUT2D eigenvalue weighted by Gasteiger charge is -2.46. The molecule has 2 aromatic carbocycles. The number of halogens is 3. The van der Waals surface area contributed by atoms with E-state index in [1.54, 1.807) is 0 Å². The summed E-state index contributed by atoms with van der Waals surface area (Å²) < 4.78 is 42.2. The van der Waals surface area contributed by atoms with Gasteiger partial charge in [-0.1, -0.05) is 73.5 Å². The van der Waals surface area contributed by atoms with Crippen molar-refractivity contribution in [1.82, 2.24) is 14.9 Å². The number of anilines is 1. The van der Waals surface area contributed by atoms with Crippen LogP contribution in [-0.4, -0.2) is 31.6 Å². The molecule has 10 heteroatoms. The molecule has 0 saturated heterocycles. The fourth-order valence-electron chi connectivity index (χ4n) is 4.62. The first-order chi connectivity index (χ1) is 15.9. The van der Waals surface area contributed by atoms with E-state index in [0.717, 1.165) is 43.7 Å². The van der Waals surface area contributed by atoms with Gasteiger partial charge in [0.05, 0.1) is 16.8 Å². The number of aromatic nitrogens is 3. The molecule has 1 saturated carbocycles. The minimum absolute atomic E-state index is 0.237. The van der Waals surface area contributed by atoms with Crippen molar-refractivity contribution in [3.63, 3.8) is 0 Å². The first-order valence-corrected chi connectivity index (χ1v) is 11.7. The number of hydrogen-bond donors (Lipinski definition) is 2. The average Bonchev–Trinajstić information content (AvgIpc) is 3.21. The summed E-state index contributed by atoms with van der Waals surface area (Å²) in [6.07, 6.45) is -0.200. The van der Waals surface area contributed by atoms with Crippen LogP contribution in [0.5, 0.6) is 0 Å². The summed E-state index contributed by atoms with van der Waals surface area (Å²) >= 11 is 1.25.